The summed E-state index contributed by atoms with van der Waals surface area (Å²) in [5.74, 6) is -0.620. The minimum atomic E-state index is -0.906. The molecule has 0 radical (unpaired) electrons. The maximum Gasteiger partial charge on any atom is 0.332 e. The lowest BCUT2D eigenvalue weighted by Gasteiger charge is -2.04. The van der Waals surface area contributed by atoms with Crippen LogP contribution in [0.4, 0.5) is 4.79 Å². The highest BCUT2D eigenvalue weighted by molar-refractivity contribution is 6.02. The maximum atomic E-state index is 11.4. The van der Waals surface area contributed by atoms with Gasteiger partial charge in [0.05, 0.1) is 5.71 Å². The van der Waals surface area contributed by atoms with E-state index in [9.17, 15) is 19.5 Å². The molecule has 9 heteroatoms. The first-order chi connectivity index (χ1) is 7.95. The van der Waals surface area contributed by atoms with Gasteiger partial charge in [0, 0.05) is 0 Å². The molecule has 1 rings (SSSR count). The summed E-state index contributed by atoms with van der Waals surface area (Å²) in [4.78, 5) is 36.7. The predicted molar refractivity (Wildman–Crippen MR) is 58.9 cm³/mol. The maximum absolute atomic E-state index is 11.4. The Morgan fingerprint density at radius 3 is 2.59 bits per heavy atom. The molecule has 1 aromatic rings. The Morgan fingerprint density at radius 1 is 1.47 bits per heavy atom. The fraction of sp³-hybridized carbons (Fsp3) is 0.250. The minimum Gasteiger partial charge on any atom is -0.494 e. The van der Waals surface area contributed by atoms with Gasteiger partial charge in [-0.15, -0.1) is 0 Å². The topological polar surface area (TPSA) is 153 Å². The van der Waals surface area contributed by atoms with Crippen LogP contribution in [0.15, 0.2) is 14.7 Å². The Labute approximate surface area is 94.4 Å². The highest BCUT2D eigenvalue weighted by Gasteiger charge is 2.14. The number of primary amides is 1. The van der Waals surface area contributed by atoms with Crippen LogP contribution in [0.25, 0.3) is 0 Å². The number of hydrogen-bond donors (Lipinski definition) is 5. The first-order valence-electron chi connectivity index (χ1n) is 4.63. The Kier molecular flexibility index (Phi) is 3.65. The standard InChI is InChI=1S/C8H11N5O4/c1-2-3(12-13-7(9)16)4-5(14)10-8(17)11-6(4)15/h2H2,1H3,(H3,9,13,16)(H3,10,11,14,15,17). The summed E-state index contributed by atoms with van der Waals surface area (Å²) in [5.41, 5.74) is 4.96. The number of nitrogens with two attached hydrogens (primary N) is 1. The van der Waals surface area contributed by atoms with E-state index in [4.69, 9.17) is 5.73 Å². The summed E-state index contributed by atoms with van der Waals surface area (Å²) >= 11 is 0. The number of carbonyl (C=O) groups is 1. The summed E-state index contributed by atoms with van der Waals surface area (Å²) in [7, 11) is 0. The summed E-state index contributed by atoms with van der Waals surface area (Å²) in [6.07, 6.45) is 0.239. The van der Waals surface area contributed by atoms with Crippen LogP contribution in [0, 0.1) is 0 Å². The van der Waals surface area contributed by atoms with Gasteiger partial charge in [-0.3, -0.25) is 14.8 Å². The van der Waals surface area contributed by atoms with Crippen LogP contribution >= 0.6 is 0 Å². The van der Waals surface area contributed by atoms with E-state index in [1.54, 1.807) is 6.92 Å². The second kappa shape index (κ2) is 4.96. The number of aromatic hydroxyl groups is 1. The molecule has 1 aromatic heterocycles. The van der Waals surface area contributed by atoms with Crippen molar-refractivity contribution in [2.24, 2.45) is 10.8 Å². The first-order valence-corrected chi connectivity index (χ1v) is 4.63. The molecule has 0 fully saturated rings. The Bertz CT molecular complexity index is 570. The van der Waals surface area contributed by atoms with E-state index in [1.165, 1.54) is 0 Å². The number of aromatic amines is 2. The van der Waals surface area contributed by atoms with E-state index < -0.39 is 23.2 Å². The number of nitrogens with zero attached hydrogens (tertiary/aromatic N) is 1. The molecule has 0 saturated heterocycles. The number of H-pyrrole nitrogens is 2. The lowest BCUT2D eigenvalue weighted by Crippen LogP contribution is -2.30. The lowest BCUT2D eigenvalue weighted by molar-refractivity contribution is 0.249. The van der Waals surface area contributed by atoms with Gasteiger partial charge in [0.1, 0.15) is 5.56 Å². The van der Waals surface area contributed by atoms with Crippen LogP contribution < -0.4 is 22.4 Å². The number of urea groups is 1. The Morgan fingerprint density at radius 2 is 2.12 bits per heavy atom. The van der Waals surface area contributed by atoms with Crippen molar-refractivity contribution in [3.8, 4) is 5.88 Å². The molecule has 9 nitrogen and oxygen atoms in total. The van der Waals surface area contributed by atoms with E-state index in [1.807, 2.05) is 15.4 Å². The fourth-order valence-corrected chi connectivity index (χ4v) is 1.18. The van der Waals surface area contributed by atoms with E-state index >= 15 is 0 Å². The first kappa shape index (κ1) is 12.5. The van der Waals surface area contributed by atoms with Crippen LogP contribution in [-0.4, -0.2) is 26.8 Å². The van der Waals surface area contributed by atoms with Gasteiger partial charge in [-0.25, -0.2) is 15.0 Å². The highest BCUT2D eigenvalue weighted by atomic mass is 16.3. The highest BCUT2D eigenvalue weighted by Crippen LogP contribution is 2.08. The third-order valence-electron chi connectivity index (χ3n) is 1.85. The van der Waals surface area contributed by atoms with Crippen molar-refractivity contribution >= 4 is 11.7 Å². The smallest absolute Gasteiger partial charge is 0.332 e. The monoisotopic (exact) mass is 241 g/mol. The largest absolute Gasteiger partial charge is 0.494 e. The van der Waals surface area contributed by atoms with Gasteiger partial charge in [0.15, 0.2) is 0 Å². The molecule has 17 heavy (non-hydrogen) atoms. The SMILES string of the molecule is CCC(=NNC(N)=O)c1c(O)[nH]c(=O)[nH]c1=O. The van der Waals surface area contributed by atoms with Crippen molar-refractivity contribution in [2.75, 3.05) is 0 Å². The van der Waals surface area contributed by atoms with E-state index in [-0.39, 0.29) is 17.7 Å². The predicted octanol–water partition coefficient (Wildman–Crippen LogP) is -1.45. The van der Waals surface area contributed by atoms with Crippen molar-refractivity contribution < 1.29 is 9.90 Å². The molecule has 0 aliphatic carbocycles. The molecule has 0 saturated carbocycles. The number of nitrogens with one attached hydrogen (secondary N) is 3. The molecular weight excluding hydrogens is 230 g/mol. The van der Waals surface area contributed by atoms with Gasteiger partial charge in [0.25, 0.3) is 5.56 Å². The molecule has 92 valence electrons. The molecule has 0 aliphatic heterocycles. The van der Waals surface area contributed by atoms with Crippen LogP contribution in [0.5, 0.6) is 5.88 Å². The van der Waals surface area contributed by atoms with Crippen molar-refractivity contribution in [3.05, 3.63) is 26.4 Å². The number of hydrazone groups is 1. The minimum absolute atomic E-state index is 0.0822. The molecule has 0 atom stereocenters. The third kappa shape index (κ3) is 2.93. The van der Waals surface area contributed by atoms with Gasteiger partial charge in [-0.05, 0) is 6.42 Å². The van der Waals surface area contributed by atoms with Gasteiger partial charge in [-0.1, -0.05) is 6.92 Å². The van der Waals surface area contributed by atoms with Crippen LogP contribution in [0.1, 0.15) is 18.9 Å². The normalized spacial score (nSPS) is 11.2. The van der Waals surface area contributed by atoms with Crippen molar-refractivity contribution in [1.82, 2.24) is 15.4 Å². The molecule has 0 aliphatic rings. The Hall–Kier alpha value is -2.58. The summed E-state index contributed by atoms with van der Waals surface area (Å²) in [6, 6.07) is -0.906. The molecule has 1 heterocycles. The van der Waals surface area contributed by atoms with Crippen molar-refractivity contribution in [2.45, 2.75) is 13.3 Å². The zero-order valence-corrected chi connectivity index (χ0v) is 8.90. The number of rotatable bonds is 3. The Balaban J connectivity index is 3.31. The van der Waals surface area contributed by atoms with Crippen LogP contribution in [0.2, 0.25) is 0 Å². The van der Waals surface area contributed by atoms with Gasteiger partial charge >= 0.3 is 11.7 Å². The van der Waals surface area contributed by atoms with Crippen molar-refractivity contribution in [3.63, 3.8) is 0 Å². The quantitative estimate of drug-likeness (QED) is 0.324. The summed E-state index contributed by atoms with van der Waals surface area (Å²) in [6.45, 7) is 1.64. The van der Waals surface area contributed by atoms with Gasteiger partial charge in [0.2, 0.25) is 5.88 Å². The average Bonchev–Trinajstić information content (AvgIpc) is 2.21. The summed E-state index contributed by atoms with van der Waals surface area (Å²) < 4.78 is 0. The van der Waals surface area contributed by atoms with Gasteiger partial charge < -0.3 is 10.8 Å². The fourth-order valence-electron chi connectivity index (χ4n) is 1.18. The summed E-state index contributed by atoms with van der Waals surface area (Å²) in [5, 5.41) is 13.0. The van der Waals surface area contributed by atoms with E-state index in [0.717, 1.165) is 0 Å². The van der Waals surface area contributed by atoms with Crippen LogP contribution in [0.3, 0.4) is 0 Å². The van der Waals surface area contributed by atoms with E-state index in [0.29, 0.717) is 0 Å². The van der Waals surface area contributed by atoms with Gasteiger partial charge in [-0.2, -0.15) is 5.10 Å². The number of carbonyl (C=O) groups excluding carboxylic acids is 1. The van der Waals surface area contributed by atoms with E-state index in [2.05, 4.69) is 5.10 Å². The average molecular weight is 241 g/mol. The lowest BCUT2D eigenvalue weighted by atomic mass is 10.1. The molecular formula is C8H11N5O4. The zero-order chi connectivity index (χ0) is 13.0. The van der Waals surface area contributed by atoms with Crippen LogP contribution in [-0.2, 0) is 0 Å². The third-order valence-corrected chi connectivity index (χ3v) is 1.85. The number of hydrogen-bond acceptors (Lipinski definition) is 5. The van der Waals surface area contributed by atoms with Crippen molar-refractivity contribution in [1.29, 1.82) is 0 Å². The second-order valence-corrected chi connectivity index (χ2v) is 3.02. The molecule has 0 unspecified atom stereocenters. The number of aromatic nitrogens is 2. The number of amides is 2. The molecule has 0 spiro atoms. The molecule has 0 aromatic carbocycles. The molecule has 6 N–H and O–H groups in total. The zero-order valence-electron chi connectivity index (χ0n) is 8.90. The second-order valence-electron chi connectivity index (χ2n) is 3.02. The molecule has 2 amide bonds. The molecule has 0 bridgehead atoms.